The van der Waals surface area contributed by atoms with Crippen LogP contribution in [0.3, 0.4) is 0 Å². The summed E-state index contributed by atoms with van der Waals surface area (Å²) in [5.41, 5.74) is -0.674. The summed E-state index contributed by atoms with van der Waals surface area (Å²) in [7, 11) is 0. The van der Waals surface area contributed by atoms with E-state index in [4.69, 9.17) is 21.1 Å². The molecule has 24 heavy (non-hydrogen) atoms. The maximum atomic E-state index is 13.1. The lowest BCUT2D eigenvalue weighted by Gasteiger charge is -2.43. The first-order valence-electron chi connectivity index (χ1n) is 8.59. The van der Waals surface area contributed by atoms with Crippen LogP contribution >= 0.6 is 11.6 Å². The highest BCUT2D eigenvalue weighted by Crippen LogP contribution is 2.35. The highest BCUT2D eigenvalue weighted by Gasteiger charge is 2.43. The quantitative estimate of drug-likeness (QED) is 0.879. The van der Waals surface area contributed by atoms with Gasteiger partial charge in [0, 0.05) is 25.1 Å². The zero-order valence-corrected chi connectivity index (χ0v) is 14.8. The van der Waals surface area contributed by atoms with Gasteiger partial charge in [-0.25, -0.2) is 4.39 Å². The van der Waals surface area contributed by atoms with Crippen LogP contribution in [0.2, 0.25) is 5.02 Å². The van der Waals surface area contributed by atoms with E-state index in [1.165, 1.54) is 12.1 Å². The van der Waals surface area contributed by atoms with Crippen LogP contribution in [-0.4, -0.2) is 54.6 Å². The summed E-state index contributed by atoms with van der Waals surface area (Å²) in [4.78, 5) is 2.37. The van der Waals surface area contributed by atoms with E-state index in [0.717, 1.165) is 25.9 Å². The van der Waals surface area contributed by atoms with Gasteiger partial charge < -0.3 is 14.6 Å². The monoisotopic (exact) mass is 357 g/mol. The molecule has 1 aromatic rings. The van der Waals surface area contributed by atoms with Crippen LogP contribution in [-0.2, 0) is 4.74 Å². The van der Waals surface area contributed by atoms with Crippen LogP contribution in [0.5, 0.6) is 5.75 Å². The van der Waals surface area contributed by atoms with E-state index in [-0.39, 0.29) is 16.8 Å². The topological polar surface area (TPSA) is 41.9 Å². The maximum absolute atomic E-state index is 13.1. The third-order valence-electron chi connectivity index (χ3n) is 5.26. The molecule has 0 aromatic heterocycles. The molecular weight excluding hydrogens is 333 g/mol. The lowest BCUT2D eigenvalue weighted by atomic mass is 9.79. The molecule has 2 fully saturated rings. The van der Waals surface area contributed by atoms with Gasteiger partial charge in [0.25, 0.3) is 0 Å². The number of rotatable bonds is 5. The third-order valence-corrected chi connectivity index (χ3v) is 5.55. The summed E-state index contributed by atoms with van der Waals surface area (Å²) in [6.07, 6.45) is 2.87. The smallest absolute Gasteiger partial charge is 0.138 e. The molecule has 2 aliphatic heterocycles. The molecule has 6 heteroatoms. The van der Waals surface area contributed by atoms with Crippen LogP contribution in [0, 0.1) is 11.7 Å². The van der Waals surface area contributed by atoms with Crippen molar-refractivity contribution in [2.75, 3.05) is 32.9 Å². The van der Waals surface area contributed by atoms with Crippen LogP contribution in [0.4, 0.5) is 4.39 Å². The van der Waals surface area contributed by atoms with E-state index < -0.39 is 5.60 Å². The number of ether oxygens (including phenoxy) is 2. The van der Waals surface area contributed by atoms with Crippen molar-refractivity contribution in [1.29, 1.82) is 0 Å². The average Bonchev–Trinajstić information content (AvgIpc) is 2.97. The van der Waals surface area contributed by atoms with Crippen molar-refractivity contribution in [1.82, 2.24) is 4.90 Å². The SMILES string of the molecule is C[C@]1(O)CCOC[C@@H]1[C@@H]1CCCN1CCOc1ccc(F)cc1Cl. The molecule has 2 saturated heterocycles. The number of nitrogens with zero attached hydrogens (tertiary/aromatic N) is 1. The van der Waals surface area contributed by atoms with Gasteiger partial charge in [-0.15, -0.1) is 0 Å². The Hall–Kier alpha value is -0.880. The highest BCUT2D eigenvalue weighted by molar-refractivity contribution is 6.32. The summed E-state index contributed by atoms with van der Waals surface area (Å²) >= 11 is 5.98. The summed E-state index contributed by atoms with van der Waals surface area (Å²) in [5.74, 6) is 0.261. The molecule has 134 valence electrons. The van der Waals surface area contributed by atoms with E-state index in [1.807, 2.05) is 6.92 Å². The standard InChI is InChI=1S/C18H25ClFNO3/c1-18(22)6-9-23-12-14(18)16-3-2-7-21(16)8-10-24-17-5-4-13(20)11-15(17)19/h4-5,11,14,16,22H,2-3,6-10,12H2,1H3/t14-,16+,18+/m1/s1. The molecular formula is C18H25ClFNO3. The average molecular weight is 358 g/mol. The zero-order chi connectivity index (χ0) is 17.2. The maximum Gasteiger partial charge on any atom is 0.138 e. The first-order chi connectivity index (χ1) is 11.5. The van der Waals surface area contributed by atoms with Crippen LogP contribution in [0.1, 0.15) is 26.2 Å². The molecule has 3 rings (SSSR count). The van der Waals surface area contributed by atoms with Gasteiger partial charge in [-0.2, -0.15) is 0 Å². The molecule has 0 bridgehead atoms. The molecule has 0 saturated carbocycles. The van der Waals surface area contributed by atoms with Crippen LogP contribution in [0.15, 0.2) is 18.2 Å². The fraction of sp³-hybridized carbons (Fsp3) is 0.667. The molecule has 0 radical (unpaired) electrons. The first-order valence-corrected chi connectivity index (χ1v) is 8.97. The van der Waals surface area contributed by atoms with Crippen molar-refractivity contribution in [2.24, 2.45) is 5.92 Å². The summed E-state index contributed by atoms with van der Waals surface area (Å²) in [6.45, 7) is 5.40. The second-order valence-corrected chi connectivity index (χ2v) is 7.36. The molecule has 2 heterocycles. The number of aliphatic hydroxyl groups is 1. The third kappa shape index (κ3) is 4.02. The Morgan fingerprint density at radius 2 is 2.33 bits per heavy atom. The predicted molar refractivity (Wildman–Crippen MR) is 91.0 cm³/mol. The van der Waals surface area contributed by atoms with Crippen LogP contribution in [0.25, 0.3) is 0 Å². The lowest BCUT2D eigenvalue weighted by molar-refractivity contribution is -0.123. The van der Waals surface area contributed by atoms with Gasteiger partial charge in [0.2, 0.25) is 0 Å². The van der Waals surface area contributed by atoms with Gasteiger partial charge in [-0.05, 0) is 50.9 Å². The Morgan fingerprint density at radius 3 is 3.08 bits per heavy atom. The van der Waals surface area contributed by atoms with E-state index in [0.29, 0.717) is 38.0 Å². The minimum Gasteiger partial charge on any atom is -0.491 e. The molecule has 1 aromatic carbocycles. The van der Waals surface area contributed by atoms with Crippen molar-refractivity contribution in [3.8, 4) is 5.75 Å². The molecule has 0 aliphatic carbocycles. The minimum absolute atomic E-state index is 0.128. The number of benzene rings is 1. The summed E-state index contributed by atoms with van der Waals surface area (Å²) in [5, 5.41) is 11.0. The van der Waals surface area contributed by atoms with Gasteiger partial charge in [0.15, 0.2) is 0 Å². The minimum atomic E-state index is -0.674. The molecule has 0 amide bonds. The number of hydrogen-bond acceptors (Lipinski definition) is 4. The van der Waals surface area contributed by atoms with Gasteiger partial charge >= 0.3 is 0 Å². The van der Waals surface area contributed by atoms with Crippen molar-refractivity contribution >= 4 is 11.6 Å². The fourth-order valence-electron chi connectivity index (χ4n) is 3.83. The van der Waals surface area contributed by atoms with Gasteiger partial charge in [0.1, 0.15) is 18.2 Å². The molecule has 2 aliphatic rings. The van der Waals surface area contributed by atoms with E-state index in [9.17, 15) is 9.50 Å². The Balaban J connectivity index is 1.56. The summed E-state index contributed by atoms with van der Waals surface area (Å²) < 4.78 is 24.4. The van der Waals surface area contributed by atoms with Gasteiger partial charge in [0.05, 0.1) is 17.2 Å². The first kappa shape index (κ1) is 17.9. The second-order valence-electron chi connectivity index (χ2n) is 6.96. The number of likely N-dealkylation sites (tertiary alicyclic amines) is 1. The van der Waals surface area contributed by atoms with Gasteiger partial charge in [-0.1, -0.05) is 11.6 Å². The molecule has 4 nitrogen and oxygen atoms in total. The van der Waals surface area contributed by atoms with Crippen molar-refractivity contribution < 1.29 is 19.0 Å². The predicted octanol–water partition coefficient (Wildman–Crippen LogP) is 3.11. The van der Waals surface area contributed by atoms with Crippen molar-refractivity contribution in [2.45, 2.75) is 37.8 Å². The molecule has 3 atom stereocenters. The van der Waals surface area contributed by atoms with E-state index >= 15 is 0 Å². The van der Waals surface area contributed by atoms with Crippen molar-refractivity contribution in [3.63, 3.8) is 0 Å². The highest BCUT2D eigenvalue weighted by atomic mass is 35.5. The van der Waals surface area contributed by atoms with Crippen molar-refractivity contribution in [3.05, 3.63) is 29.0 Å². The molecule has 0 spiro atoms. The Bertz CT molecular complexity index is 569. The van der Waals surface area contributed by atoms with Crippen LogP contribution < -0.4 is 4.74 Å². The van der Waals surface area contributed by atoms with E-state index in [1.54, 1.807) is 6.07 Å². The Labute approximate surface area is 147 Å². The normalized spacial score (nSPS) is 31.3. The summed E-state index contributed by atoms with van der Waals surface area (Å²) in [6, 6.07) is 4.47. The number of hydrogen-bond donors (Lipinski definition) is 1. The lowest BCUT2D eigenvalue weighted by Crippen LogP contribution is -2.53. The van der Waals surface area contributed by atoms with Gasteiger partial charge in [-0.3, -0.25) is 4.90 Å². The molecule has 0 unspecified atom stereocenters. The Morgan fingerprint density at radius 1 is 1.50 bits per heavy atom. The largest absolute Gasteiger partial charge is 0.491 e. The second kappa shape index (κ2) is 7.56. The zero-order valence-electron chi connectivity index (χ0n) is 14.0. The van der Waals surface area contributed by atoms with E-state index in [2.05, 4.69) is 4.90 Å². The number of halogens is 2. The fourth-order valence-corrected chi connectivity index (χ4v) is 4.05. The Kier molecular flexibility index (Phi) is 5.65. The molecule has 1 N–H and O–H groups in total.